The van der Waals surface area contributed by atoms with Gasteiger partial charge in [0.2, 0.25) is 0 Å². The summed E-state index contributed by atoms with van der Waals surface area (Å²) in [6, 6.07) is 77.1. The molecule has 0 N–H and O–H groups in total. The van der Waals surface area contributed by atoms with E-state index < -0.39 is 0 Å². The Morgan fingerprint density at radius 2 is 0.903 bits per heavy atom. The molecule has 10 aromatic rings. The van der Waals surface area contributed by atoms with E-state index >= 15 is 0 Å². The van der Waals surface area contributed by atoms with Crippen molar-refractivity contribution in [3.05, 3.63) is 245 Å². The van der Waals surface area contributed by atoms with Crippen molar-refractivity contribution in [1.29, 1.82) is 0 Å². The third kappa shape index (κ3) is 5.34. The van der Waals surface area contributed by atoms with Crippen molar-refractivity contribution in [2.75, 3.05) is 4.90 Å². The van der Waals surface area contributed by atoms with Gasteiger partial charge in [0, 0.05) is 33.5 Å². The molecule has 10 aromatic carbocycles. The highest BCUT2D eigenvalue weighted by molar-refractivity contribution is 6.06. The summed E-state index contributed by atoms with van der Waals surface area (Å²) >= 11 is 0. The summed E-state index contributed by atoms with van der Waals surface area (Å²) in [6.07, 6.45) is 0. The standard InChI is InChI=1S/C61H47N/c1-60(2)53-35-43(62(42-25-9-6-10-26-42)57-32-18-24-40-20-12-14-28-45(40)57)33-34-47(53)50-36-55-52(38-54(50)60)59-49-30-16-15-29-46(49)51(37-56(59)61(55,3)4)58(41-21-7-5-8-22-41)48-31-17-23-39-19-11-13-27-44(39)48/h5-38,58H,1-4H3. The van der Waals surface area contributed by atoms with E-state index in [9.17, 15) is 0 Å². The van der Waals surface area contributed by atoms with Crippen molar-refractivity contribution < 1.29 is 0 Å². The maximum absolute atomic E-state index is 2.58. The van der Waals surface area contributed by atoms with Gasteiger partial charge in [0.25, 0.3) is 0 Å². The van der Waals surface area contributed by atoms with Crippen molar-refractivity contribution >= 4 is 49.4 Å². The molecule has 0 aromatic heterocycles. The Morgan fingerprint density at radius 1 is 0.355 bits per heavy atom. The lowest BCUT2D eigenvalue weighted by Crippen LogP contribution is -2.18. The highest BCUT2D eigenvalue weighted by Crippen LogP contribution is 2.59. The summed E-state index contributed by atoms with van der Waals surface area (Å²) in [4.78, 5) is 2.44. The predicted molar refractivity (Wildman–Crippen MR) is 263 cm³/mol. The van der Waals surface area contributed by atoms with Gasteiger partial charge in [-0.3, -0.25) is 0 Å². The number of para-hydroxylation sites is 1. The Hall–Kier alpha value is -7.22. The first-order valence-electron chi connectivity index (χ1n) is 22.0. The number of benzene rings is 10. The van der Waals surface area contributed by atoms with Gasteiger partial charge in [-0.05, 0) is 131 Å². The number of anilines is 3. The van der Waals surface area contributed by atoms with Crippen molar-refractivity contribution in [2.24, 2.45) is 0 Å². The first kappa shape index (κ1) is 36.6. The van der Waals surface area contributed by atoms with Crippen LogP contribution in [0.2, 0.25) is 0 Å². The normalized spacial score (nSPS) is 14.6. The molecular formula is C61H47N. The number of fused-ring (bicyclic) bond motifs is 10. The van der Waals surface area contributed by atoms with Crippen molar-refractivity contribution in [3.8, 4) is 22.3 Å². The molecule has 0 fully saturated rings. The first-order chi connectivity index (χ1) is 30.3. The van der Waals surface area contributed by atoms with Gasteiger partial charge in [0.05, 0.1) is 5.69 Å². The zero-order valence-corrected chi connectivity index (χ0v) is 35.7. The third-order valence-corrected chi connectivity index (χ3v) is 14.3. The van der Waals surface area contributed by atoms with Crippen LogP contribution in [0, 0.1) is 0 Å². The van der Waals surface area contributed by atoms with Crippen LogP contribution in [0.25, 0.3) is 54.6 Å². The van der Waals surface area contributed by atoms with Crippen LogP contribution >= 0.6 is 0 Å². The maximum atomic E-state index is 2.58. The van der Waals surface area contributed by atoms with Gasteiger partial charge in [-0.15, -0.1) is 0 Å². The second-order valence-electron chi connectivity index (χ2n) is 18.4. The molecule has 62 heavy (non-hydrogen) atoms. The lowest BCUT2D eigenvalue weighted by atomic mass is 9.76. The van der Waals surface area contributed by atoms with E-state index in [4.69, 9.17) is 0 Å². The zero-order valence-electron chi connectivity index (χ0n) is 35.7. The molecule has 1 unspecified atom stereocenters. The number of nitrogens with zero attached hydrogens (tertiary/aromatic N) is 1. The first-order valence-corrected chi connectivity index (χ1v) is 22.0. The zero-order chi connectivity index (χ0) is 41.7. The molecule has 0 bridgehead atoms. The van der Waals surface area contributed by atoms with Crippen LogP contribution in [0.5, 0.6) is 0 Å². The highest BCUT2D eigenvalue weighted by Gasteiger charge is 2.43. The van der Waals surface area contributed by atoms with E-state index in [0.29, 0.717) is 0 Å². The van der Waals surface area contributed by atoms with Crippen LogP contribution in [-0.2, 0) is 10.8 Å². The predicted octanol–water partition coefficient (Wildman–Crippen LogP) is 16.4. The molecule has 0 amide bonds. The van der Waals surface area contributed by atoms with Crippen molar-refractivity contribution in [2.45, 2.75) is 44.4 Å². The van der Waals surface area contributed by atoms with Gasteiger partial charge < -0.3 is 4.90 Å². The van der Waals surface area contributed by atoms with Crippen LogP contribution in [0.3, 0.4) is 0 Å². The second-order valence-corrected chi connectivity index (χ2v) is 18.4. The average Bonchev–Trinajstić information content (AvgIpc) is 3.67. The minimum atomic E-state index is -0.218. The highest BCUT2D eigenvalue weighted by atomic mass is 15.1. The molecule has 12 rings (SSSR count). The van der Waals surface area contributed by atoms with E-state index in [0.717, 1.165) is 5.69 Å². The van der Waals surface area contributed by atoms with Gasteiger partial charge in [-0.1, -0.05) is 191 Å². The number of hydrogen-bond donors (Lipinski definition) is 0. The molecule has 2 aliphatic rings. The van der Waals surface area contributed by atoms with Crippen LogP contribution in [0.15, 0.2) is 206 Å². The van der Waals surface area contributed by atoms with Crippen molar-refractivity contribution in [1.82, 2.24) is 0 Å². The minimum Gasteiger partial charge on any atom is -0.310 e. The molecule has 2 aliphatic carbocycles. The van der Waals surface area contributed by atoms with E-state index in [1.807, 2.05) is 0 Å². The molecule has 1 atom stereocenters. The average molecular weight is 794 g/mol. The van der Waals surface area contributed by atoms with Gasteiger partial charge in [-0.25, -0.2) is 0 Å². The smallest absolute Gasteiger partial charge is 0.0540 e. The second kappa shape index (κ2) is 13.6. The summed E-state index contributed by atoms with van der Waals surface area (Å²) in [6.45, 7) is 9.75. The van der Waals surface area contributed by atoms with Crippen molar-refractivity contribution in [3.63, 3.8) is 0 Å². The summed E-state index contributed by atoms with van der Waals surface area (Å²) in [5.74, 6) is 0.0614. The minimum absolute atomic E-state index is 0.0614. The lowest BCUT2D eigenvalue weighted by molar-refractivity contribution is 0.651. The Labute approximate surface area is 364 Å². The Morgan fingerprint density at radius 3 is 1.66 bits per heavy atom. The Bertz CT molecular complexity index is 3400. The Balaban J connectivity index is 1.04. The molecule has 0 saturated carbocycles. The van der Waals surface area contributed by atoms with Crippen LogP contribution in [0.1, 0.15) is 72.6 Å². The fraction of sp³-hybridized carbons (Fsp3) is 0.115. The van der Waals surface area contributed by atoms with Gasteiger partial charge in [0.1, 0.15) is 0 Å². The van der Waals surface area contributed by atoms with Gasteiger partial charge in [-0.2, -0.15) is 0 Å². The maximum Gasteiger partial charge on any atom is 0.0540 e. The summed E-state index contributed by atoms with van der Waals surface area (Å²) in [5, 5.41) is 7.70. The van der Waals surface area contributed by atoms with Crippen LogP contribution < -0.4 is 4.90 Å². The number of rotatable bonds is 6. The molecular weight excluding hydrogens is 747 g/mol. The monoisotopic (exact) mass is 793 g/mol. The summed E-state index contributed by atoms with van der Waals surface area (Å²) < 4.78 is 0. The van der Waals surface area contributed by atoms with Crippen LogP contribution in [-0.4, -0.2) is 0 Å². The summed E-state index contributed by atoms with van der Waals surface area (Å²) in [5.41, 5.74) is 18.1. The fourth-order valence-electron chi connectivity index (χ4n) is 11.3. The fourth-order valence-corrected chi connectivity index (χ4v) is 11.3. The molecule has 296 valence electrons. The topological polar surface area (TPSA) is 3.24 Å². The lowest BCUT2D eigenvalue weighted by Gasteiger charge is -2.29. The molecule has 0 aliphatic heterocycles. The quantitative estimate of drug-likeness (QED) is 0.152. The molecule has 0 heterocycles. The number of hydrogen-bond acceptors (Lipinski definition) is 1. The molecule has 1 heteroatoms. The van der Waals surface area contributed by atoms with E-state index in [-0.39, 0.29) is 16.7 Å². The van der Waals surface area contributed by atoms with Crippen LogP contribution in [0.4, 0.5) is 17.1 Å². The van der Waals surface area contributed by atoms with E-state index in [1.54, 1.807) is 0 Å². The van der Waals surface area contributed by atoms with Gasteiger partial charge in [0.15, 0.2) is 0 Å². The SMILES string of the molecule is CC1(C)c2cc(N(c3ccccc3)c3cccc4ccccc34)ccc2-c2cc3c(cc21)-c1c(cc(C(c2ccccc2)c2cccc4ccccc24)c2ccccc12)C3(C)C. The van der Waals surface area contributed by atoms with Gasteiger partial charge >= 0.3 is 0 Å². The molecule has 1 nitrogen and oxygen atoms in total. The third-order valence-electron chi connectivity index (χ3n) is 14.3. The summed E-state index contributed by atoms with van der Waals surface area (Å²) in [7, 11) is 0. The Kier molecular flexibility index (Phi) is 8.06. The molecule has 0 spiro atoms. The van der Waals surface area contributed by atoms with E-state index in [2.05, 4.69) is 239 Å². The molecule has 0 saturated heterocycles. The van der Waals surface area contributed by atoms with E-state index in [1.165, 1.54) is 105 Å². The molecule has 0 radical (unpaired) electrons. The largest absolute Gasteiger partial charge is 0.310 e.